The van der Waals surface area contributed by atoms with Crippen LogP contribution in [-0.4, -0.2) is 55.1 Å². The van der Waals surface area contributed by atoms with Gasteiger partial charge in [0.05, 0.1) is 16.7 Å². The molecule has 3 aromatic rings. The van der Waals surface area contributed by atoms with Gasteiger partial charge in [0.25, 0.3) is 0 Å². The predicted octanol–water partition coefficient (Wildman–Crippen LogP) is 3.58. The third kappa shape index (κ3) is 6.59. The molecule has 0 radical (unpaired) electrons. The summed E-state index contributed by atoms with van der Waals surface area (Å²) in [5.41, 5.74) is 0.782. The van der Waals surface area contributed by atoms with Crippen molar-refractivity contribution in [2.24, 2.45) is 0 Å². The molecule has 4 atom stereocenters. The maximum Gasteiger partial charge on any atom is 0.338 e. The Bertz CT molecular complexity index is 1230. The molecule has 1 fully saturated rings. The zero-order valence-electron chi connectivity index (χ0n) is 19.9. The zero-order valence-corrected chi connectivity index (χ0v) is 19.9. The number of carbonyl (C=O) groups excluding carboxylic acids is 4. The molecular weight excluding hydrogens is 480 g/mol. The van der Waals surface area contributed by atoms with Gasteiger partial charge in [0.1, 0.15) is 12.7 Å². The molecule has 190 valence electrons. The second-order valence-corrected chi connectivity index (χ2v) is 8.09. The summed E-state index contributed by atoms with van der Waals surface area (Å²) in [6.45, 7) is 0.796. The first-order valence-electron chi connectivity index (χ1n) is 11.5. The van der Waals surface area contributed by atoms with E-state index in [1.54, 1.807) is 91.0 Å². The van der Waals surface area contributed by atoms with Gasteiger partial charge in [-0.3, -0.25) is 4.79 Å². The lowest BCUT2D eigenvalue weighted by molar-refractivity contribution is -0.187. The maximum absolute atomic E-state index is 12.9. The van der Waals surface area contributed by atoms with E-state index in [0.717, 1.165) is 6.92 Å². The summed E-state index contributed by atoms with van der Waals surface area (Å²) in [5, 5.41) is 0. The minimum absolute atomic E-state index is 0.233. The van der Waals surface area contributed by atoms with Crippen LogP contribution >= 0.6 is 0 Å². The number of hydrogen-bond acceptors (Lipinski definition) is 9. The summed E-state index contributed by atoms with van der Waals surface area (Å²) < 4.78 is 27.7. The summed E-state index contributed by atoms with van der Waals surface area (Å²) in [4.78, 5) is 50.0. The van der Waals surface area contributed by atoms with Crippen LogP contribution < -0.4 is 0 Å². The topological polar surface area (TPSA) is 114 Å². The average molecular weight is 504 g/mol. The van der Waals surface area contributed by atoms with Crippen molar-refractivity contribution in [2.45, 2.75) is 31.5 Å². The number of carbonyl (C=O) groups is 4. The largest absolute Gasteiger partial charge is 0.459 e. The zero-order chi connectivity index (χ0) is 26.2. The van der Waals surface area contributed by atoms with Crippen molar-refractivity contribution in [1.82, 2.24) is 0 Å². The fourth-order valence-corrected chi connectivity index (χ4v) is 3.70. The molecule has 0 aliphatic carbocycles. The highest BCUT2D eigenvalue weighted by Gasteiger charge is 2.52. The van der Waals surface area contributed by atoms with E-state index in [2.05, 4.69) is 0 Å². The smallest absolute Gasteiger partial charge is 0.338 e. The van der Waals surface area contributed by atoms with Gasteiger partial charge in [-0.1, -0.05) is 54.6 Å². The molecule has 0 bridgehead atoms. The third-order valence-electron chi connectivity index (χ3n) is 5.44. The highest BCUT2D eigenvalue weighted by atomic mass is 16.8. The predicted molar refractivity (Wildman–Crippen MR) is 128 cm³/mol. The first-order chi connectivity index (χ1) is 17.9. The number of benzene rings is 3. The van der Waals surface area contributed by atoms with E-state index in [1.165, 1.54) is 0 Å². The summed E-state index contributed by atoms with van der Waals surface area (Å²) in [6, 6.07) is 24.6. The van der Waals surface area contributed by atoms with Crippen LogP contribution in [0.15, 0.2) is 91.0 Å². The fourth-order valence-electron chi connectivity index (χ4n) is 3.70. The van der Waals surface area contributed by atoms with Gasteiger partial charge < -0.3 is 23.7 Å². The Kier molecular flexibility index (Phi) is 8.27. The maximum atomic E-state index is 12.9. The van der Waals surface area contributed by atoms with E-state index in [1.807, 2.05) is 0 Å². The Morgan fingerprint density at radius 2 is 1.05 bits per heavy atom. The van der Waals surface area contributed by atoms with Gasteiger partial charge in [-0.05, 0) is 36.4 Å². The van der Waals surface area contributed by atoms with Crippen LogP contribution in [0.4, 0.5) is 0 Å². The molecule has 4 rings (SSSR count). The van der Waals surface area contributed by atoms with Gasteiger partial charge >= 0.3 is 23.9 Å². The van der Waals surface area contributed by atoms with Crippen molar-refractivity contribution in [1.29, 1.82) is 0 Å². The second-order valence-electron chi connectivity index (χ2n) is 8.09. The lowest BCUT2D eigenvalue weighted by Crippen LogP contribution is -2.42. The molecule has 2 unspecified atom stereocenters. The van der Waals surface area contributed by atoms with Crippen molar-refractivity contribution in [2.75, 3.05) is 6.61 Å². The first-order valence-corrected chi connectivity index (χ1v) is 11.5. The Labute approximate surface area is 212 Å². The van der Waals surface area contributed by atoms with E-state index < -0.39 is 48.5 Å². The molecule has 9 nitrogen and oxygen atoms in total. The van der Waals surface area contributed by atoms with Crippen LogP contribution in [0.5, 0.6) is 0 Å². The molecule has 0 spiro atoms. The minimum atomic E-state index is -1.40. The quantitative estimate of drug-likeness (QED) is 0.335. The molecule has 0 amide bonds. The lowest BCUT2D eigenvalue weighted by atomic mass is 10.1. The van der Waals surface area contributed by atoms with Crippen LogP contribution in [0, 0.1) is 0 Å². The van der Waals surface area contributed by atoms with Crippen molar-refractivity contribution in [3.8, 4) is 0 Å². The van der Waals surface area contributed by atoms with E-state index in [-0.39, 0.29) is 17.7 Å². The van der Waals surface area contributed by atoms with E-state index in [4.69, 9.17) is 23.7 Å². The number of esters is 4. The third-order valence-corrected chi connectivity index (χ3v) is 5.44. The van der Waals surface area contributed by atoms with E-state index >= 15 is 0 Å². The minimum Gasteiger partial charge on any atom is -0.459 e. The Hall–Kier alpha value is -4.50. The molecule has 0 N–H and O–H groups in total. The van der Waals surface area contributed by atoms with Gasteiger partial charge in [0, 0.05) is 6.92 Å². The number of rotatable bonds is 8. The molecular formula is C28H24O9. The first kappa shape index (κ1) is 25.6. The van der Waals surface area contributed by atoms with Gasteiger partial charge in [-0.15, -0.1) is 0 Å². The molecule has 1 aliphatic rings. The van der Waals surface area contributed by atoms with Crippen LogP contribution in [-0.2, 0) is 28.5 Å². The Balaban J connectivity index is 1.58. The van der Waals surface area contributed by atoms with Crippen molar-refractivity contribution in [3.63, 3.8) is 0 Å². The lowest BCUT2D eigenvalue weighted by Gasteiger charge is -2.24. The average Bonchev–Trinajstić information content (AvgIpc) is 3.23. The standard InChI is InChI=1S/C28H24O9/c1-18(29)34-28-24(37-27(32)21-15-9-4-10-16-21)23(36-26(31)20-13-7-3-8-14-20)22(35-28)17-33-25(30)19-11-5-2-6-12-19/h2-16,22-24,28H,17H2,1H3/t22-,23?,24?,28-/m1/s1. The van der Waals surface area contributed by atoms with Gasteiger partial charge in [-0.25, -0.2) is 14.4 Å². The molecule has 1 aliphatic heterocycles. The van der Waals surface area contributed by atoms with Crippen molar-refractivity contribution >= 4 is 23.9 Å². The van der Waals surface area contributed by atoms with Crippen LogP contribution in [0.1, 0.15) is 38.0 Å². The van der Waals surface area contributed by atoms with E-state index in [0.29, 0.717) is 5.56 Å². The number of ether oxygens (including phenoxy) is 5. The molecule has 0 saturated carbocycles. The molecule has 1 heterocycles. The molecule has 9 heteroatoms. The molecule has 37 heavy (non-hydrogen) atoms. The highest BCUT2D eigenvalue weighted by Crippen LogP contribution is 2.30. The summed E-state index contributed by atoms with van der Waals surface area (Å²) in [7, 11) is 0. The van der Waals surface area contributed by atoms with Crippen LogP contribution in [0.25, 0.3) is 0 Å². The SMILES string of the molecule is CC(=O)O[C@@H]1O[C@H](COC(=O)c2ccccc2)C(OC(=O)c2ccccc2)C1OC(=O)c1ccccc1. The summed E-state index contributed by atoms with van der Waals surface area (Å²) in [6.07, 6.45) is -5.09. The van der Waals surface area contributed by atoms with Crippen molar-refractivity contribution < 1.29 is 42.9 Å². The van der Waals surface area contributed by atoms with Crippen molar-refractivity contribution in [3.05, 3.63) is 108 Å². The van der Waals surface area contributed by atoms with Gasteiger partial charge in [-0.2, -0.15) is 0 Å². The molecule has 0 aromatic heterocycles. The van der Waals surface area contributed by atoms with Crippen LogP contribution in [0.3, 0.4) is 0 Å². The Morgan fingerprint density at radius 3 is 1.51 bits per heavy atom. The van der Waals surface area contributed by atoms with Gasteiger partial charge in [0.2, 0.25) is 12.4 Å². The molecule has 3 aromatic carbocycles. The number of hydrogen-bond donors (Lipinski definition) is 0. The second kappa shape index (κ2) is 12.0. The van der Waals surface area contributed by atoms with Gasteiger partial charge in [0.15, 0.2) is 6.10 Å². The summed E-state index contributed by atoms with van der Waals surface area (Å²) >= 11 is 0. The molecule has 1 saturated heterocycles. The Morgan fingerprint density at radius 1 is 0.622 bits per heavy atom. The highest BCUT2D eigenvalue weighted by molar-refractivity contribution is 5.91. The summed E-state index contributed by atoms with van der Waals surface area (Å²) in [5.74, 6) is -2.81. The van der Waals surface area contributed by atoms with E-state index in [9.17, 15) is 19.2 Å². The normalized spacial score (nSPS) is 20.5. The van der Waals surface area contributed by atoms with Crippen LogP contribution in [0.2, 0.25) is 0 Å². The fraction of sp³-hybridized carbons (Fsp3) is 0.214. The monoisotopic (exact) mass is 504 g/mol.